The van der Waals surface area contributed by atoms with E-state index in [4.69, 9.17) is 4.74 Å². The van der Waals surface area contributed by atoms with Crippen LogP contribution in [0.5, 0.6) is 5.75 Å². The molecule has 0 aliphatic carbocycles. The largest absolute Gasteiger partial charge is 0.497 e. The number of benzene rings is 2. The van der Waals surface area contributed by atoms with Crippen molar-refractivity contribution in [2.24, 2.45) is 0 Å². The Hall–Kier alpha value is -2.26. The maximum Gasteiger partial charge on any atom is 0.120 e. The van der Waals surface area contributed by atoms with Crippen molar-refractivity contribution in [2.45, 2.75) is 6.61 Å². The summed E-state index contributed by atoms with van der Waals surface area (Å²) in [5, 5.41) is 10.6. The third kappa shape index (κ3) is 1.98. The predicted molar refractivity (Wildman–Crippen MR) is 76.2 cm³/mol. The summed E-state index contributed by atoms with van der Waals surface area (Å²) in [6.45, 7) is -0.0127. The van der Waals surface area contributed by atoms with Gasteiger partial charge in [-0.25, -0.2) is 0 Å². The number of hydrogen-bond donors (Lipinski definition) is 2. The second-order valence-corrected chi connectivity index (χ2v) is 4.41. The summed E-state index contributed by atoms with van der Waals surface area (Å²) in [4.78, 5) is 3.26. The molecule has 0 unspecified atom stereocenters. The van der Waals surface area contributed by atoms with Crippen LogP contribution in [0.25, 0.3) is 22.0 Å². The first-order valence-electron chi connectivity index (χ1n) is 6.18. The Kier molecular flexibility index (Phi) is 2.97. The number of aliphatic hydroxyl groups excluding tert-OH is 1. The van der Waals surface area contributed by atoms with Crippen molar-refractivity contribution in [2.75, 3.05) is 7.11 Å². The number of aromatic amines is 1. The fourth-order valence-corrected chi connectivity index (χ4v) is 2.41. The van der Waals surface area contributed by atoms with E-state index in [1.807, 2.05) is 48.5 Å². The normalized spacial score (nSPS) is 10.8. The van der Waals surface area contributed by atoms with Gasteiger partial charge in [0.2, 0.25) is 0 Å². The van der Waals surface area contributed by atoms with E-state index >= 15 is 0 Å². The van der Waals surface area contributed by atoms with Crippen LogP contribution in [-0.4, -0.2) is 17.2 Å². The SMILES string of the molecule is COc1ccc2c(-c3ccccc3)c(CO)[nH]c2c1. The second-order valence-electron chi connectivity index (χ2n) is 4.41. The first kappa shape index (κ1) is 11.8. The number of hydrogen-bond acceptors (Lipinski definition) is 2. The standard InChI is InChI=1S/C16H15NO2/c1-19-12-7-8-13-14(9-12)17-15(10-18)16(13)11-5-3-2-4-6-11/h2-9,17-18H,10H2,1H3. The van der Waals surface area contributed by atoms with Crippen molar-refractivity contribution < 1.29 is 9.84 Å². The summed E-state index contributed by atoms with van der Waals surface area (Å²) in [7, 11) is 1.65. The van der Waals surface area contributed by atoms with E-state index in [1.54, 1.807) is 7.11 Å². The summed E-state index contributed by atoms with van der Waals surface area (Å²) in [6, 6.07) is 16.0. The maximum absolute atomic E-state index is 9.54. The lowest BCUT2D eigenvalue weighted by atomic mass is 10.0. The molecule has 1 heterocycles. The number of aliphatic hydroxyl groups is 1. The first-order valence-corrected chi connectivity index (χ1v) is 6.18. The van der Waals surface area contributed by atoms with Crippen molar-refractivity contribution in [3.8, 4) is 16.9 Å². The molecule has 19 heavy (non-hydrogen) atoms. The molecule has 2 aromatic carbocycles. The molecule has 0 atom stereocenters. The third-order valence-corrected chi connectivity index (χ3v) is 3.30. The Morgan fingerprint density at radius 1 is 1.11 bits per heavy atom. The molecule has 0 saturated carbocycles. The van der Waals surface area contributed by atoms with Crippen LogP contribution in [0.15, 0.2) is 48.5 Å². The lowest BCUT2D eigenvalue weighted by molar-refractivity contribution is 0.278. The van der Waals surface area contributed by atoms with Gasteiger partial charge in [0, 0.05) is 28.2 Å². The summed E-state index contributed by atoms with van der Waals surface area (Å²) in [5.41, 5.74) is 3.96. The molecule has 3 rings (SSSR count). The average molecular weight is 253 g/mol. The third-order valence-electron chi connectivity index (χ3n) is 3.30. The number of ether oxygens (including phenoxy) is 1. The highest BCUT2D eigenvalue weighted by Gasteiger charge is 2.12. The van der Waals surface area contributed by atoms with Gasteiger partial charge >= 0.3 is 0 Å². The van der Waals surface area contributed by atoms with Crippen LogP contribution < -0.4 is 4.74 Å². The molecule has 0 bridgehead atoms. The van der Waals surface area contributed by atoms with Crippen LogP contribution in [0, 0.1) is 0 Å². The average Bonchev–Trinajstić information content (AvgIpc) is 2.85. The van der Waals surface area contributed by atoms with E-state index in [0.717, 1.165) is 33.5 Å². The summed E-state index contributed by atoms with van der Waals surface area (Å²) < 4.78 is 5.23. The zero-order chi connectivity index (χ0) is 13.2. The van der Waals surface area contributed by atoms with Crippen molar-refractivity contribution in [1.82, 2.24) is 4.98 Å². The second kappa shape index (κ2) is 4.78. The smallest absolute Gasteiger partial charge is 0.120 e. The van der Waals surface area contributed by atoms with Crippen LogP contribution in [0.3, 0.4) is 0 Å². The zero-order valence-electron chi connectivity index (χ0n) is 10.7. The molecule has 3 nitrogen and oxygen atoms in total. The van der Waals surface area contributed by atoms with Gasteiger partial charge in [0.25, 0.3) is 0 Å². The molecule has 2 N–H and O–H groups in total. The molecule has 96 valence electrons. The Labute approximate surface area is 111 Å². The Morgan fingerprint density at radius 2 is 1.89 bits per heavy atom. The summed E-state index contributed by atoms with van der Waals surface area (Å²) in [6.07, 6.45) is 0. The monoisotopic (exact) mass is 253 g/mol. The van der Waals surface area contributed by atoms with Crippen LogP contribution in [0.4, 0.5) is 0 Å². The highest BCUT2D eigenvalue weighted by molar-refractivity contribution is 5.98. The van der Waals surface area contributed by atoms with Gasteiger partial charge in [0.1, 0.15) is 5.75 Å². The number of aromatic nitrogens is 1. The number of methoxy groups -OCH3 is 1. The Balaban J connectivity index is 2.28. The first-order chi connectivity index (χ1) is 9.33. The summed E-state index contributed by atoms with van der Waals surface area (Å²) in [5.74, 6) is 0.804. The van der Waals surface area contributed by atoms with Crippen molar-refractivity contribution in [1.29, 1.82) is 0 Å². The van der Waals surface area contributed by atoms with E-state index in [-0.39, 0.29) is 6.61 Å². The fourth-order valence-electron chi connectivity index (χ4n) is 2.41. The molecular weight excluding hydrogens is 238 g/mol. The molecule has 0 radical (unpaired) electrons. The molecule has 3 aromatic rings. The lowest BCUT2D eigenvalue weighted by Crippen LogP contribution is -1.86. The van der Waals surface area contributed by atoms with E-state index in [0.29, 0.717) is 0 Å². The molecule has 0 fully saturated rings. The zero-order valence-corrected chi connectivity index (χ0v) is 10.7. The highest BCUT2D eigenvalue weighted by Crippen LogP contribution is 2.34. The van der Waals surface area contributed by atoms with Crippen LogP contribution in [0.1, 0.15) is 5.69 Å². The molecule has 0 saturated heterocycles. The highest BCUT2D eigenvalue weighted by atomic mass is 16.5. The van der Waals surface area contributed by atoms with Gasteiger partial charge in [-0.2, -0.15) is 0 Å². The molecule has 0 spiro atoms. The Bertz CT molecular complexity index is 701. The summed E-state index contributed by atoms with van der Waals surface area (Å²) >= 11 is 0. The van der Waals surface area contributed by atoms with Crippen molar-refractivity contribution in [3.63, 3.8) is 0 Å². The Morgan fingerprint density at radius 3 is 2.58 bits per heavy atom. The van der Waals surface area contributed by atoms with Gasteiger partial charge in [-0.05, 0) is 17.7 Å². The molecular formula is C16H15NO2. The number of H-pyrrole nitrogens is 1. The fraction of sp³-hybridized carbons (Fsp3) is 0.125. The lowest BCUT2D eigenvalue weighted by Gasteiger charge is -2.03. The quantitative estimate of drug-likeness (QED) is 0.752. The molecule has 0 aliphatic rings. The van der Waals surface area contributed by atoms with Crippen molar-refractivity contribution >= 4 is 10.9 Å². The number of rotatable bonds is 3. The van der Waals surface area contributed by atoms with E-state index in [2.05, 4.69) is 4.98 Å². The van der Waals surface area contributed by atoms with Gasteiger partial charge in [-0.3, -0.25) is 0 Å². The van der Waals surface area contributed by atoms with E-state index in [1.165, 1.54) is 0 Å². The molecule has 0 aliphatic heterocycles. The predicted octanol–water partition coefficient (Wildman–Crippen LogP) is 3.34. The van der Waals surface area contributed by atoms with Gasteiger partial charge in [0.15, 0.2) is 0 Å². The topological polar surface area (TPSA) is 45.2 Å². The molecule has 0 amide bonds. The van der Waals surface area contributed by atoms with Crippen LogP contribution >= 0.6 is 0 Å². The number of fused-ring (bicyclic) bond motifs is 1. The minimum atomic E-state index is -0.0127. The van der Waals surface area contributed by atoms with E-state index < -0.39 is 0 Å². The van der Waals surface area contributed by atoms with Crippen LogP contribution in [-0.2, 0) is 6.61 Å². The van der Waals surface area contributed by atoms with Gasteiger partial charge in [-0.1, -0.05) is 30.3 Å². The minimum absolute atomic E-state index is 0.0127. The minimum Gasteiger partial charge on any atom is -0.497 e. The number of nitrogens with one attached hydrogen (secondary N) is 1. The van der Waals surface area contributed by atoms with Gasteiger partial charge in [-0.15, -0.1) is 0 Å². The van der Waals surface area contributed by atoms with Gasteiger partial charge in [0.05, 0.1) is 13.7 Å². The maximum atomic E-state index is 9.54. The molecule has 1 aromatic heterocycles. The van der Waals surface area contributed by atoms with Gasteiger partial charge < -0.3 is 14.8 Å². The molecule has 3 heteroatoms. The van der Waals surface area contributed by atoms with Crippen molar-refractivity contribution in [3.05, 3.63) is 54.2 Å². The van der Waals surface area contributed by atoms with Crippen LogP contribution in [0.2, 0.25) is 0 Å². The van der Waals surface area contributed by atoms with E-state index in [9.17, 15) is 5.11 Å².